The molecule has 0 saturated heterocycles. The molecule has 1 aliphatic heterocycles. The summed E-state index contributed by atoms with van der Waals surface area (Å²) in [5.41, 5.74) is 16.5. The predicted octanol–water partition coefficient (Wildman–Crippen LogP) is 19.6. The van der Waals surface area contributed by atoms with E-state index in [0.29, 0.717) is 11.5 Å². The molecule has 400 valence electrons. The van der Waals surface area contributed by atoms with Gasteiger partial charge in [0.2, 0.25) is 0 Å². The number of ether oxygens (including phenoxy) is 1. The minimum atomic E-state index is -0.506. The number of hydrogen-bond acceptors (Lipinski definition) is 3. The SMILES string of the molecule is CC(C)(C)c1ccnc(-n2c3[c-]c(Oc4[c-]c(N5[CH-]n6c7c(-c8ccc(C9(c%10ccccc%10)c%10ccccc%10-c%10ccccc%109)cc8)cccc7c7ccccc7c7ccccc7c7cccc5c76)ccc4)ccc3c3ccccc32)c1.[Pt]. The van der Waals surface area contributed by atoms with Crippen molar-refractivity contribution in [1.29, 1.82) is 0 Å². The summed E-state index contributed by atoms with van der Waals surface area (Å²) in [7, 11) is 0. The van der Waals surface area contributed by atoms with Gasteiger partial charge in [-0.3, -0.25) is 0 Å². The van der Waals surface area contributed by atoms with Gasteiger partial charge in [-0.1, -0.05) is 232 Å². The first-order valence-corrected chi connectivity index (χ1v) is 28.2. The van der Waals surface area contributed by atoms with E-state index in [1.165, 1.54) is 60.5 Å². The van der Waals surface area contributed by atoms with Gasteiger partial charge < -0.3 is 18.8 Å². The van der Waals surface area contributed by atoms with Gasteiger partial charge in [0.25, 0.3) is 0 Å². The number of aromatic nitrogens is 3. The smallest absolute Gasteiger partial charge is 0.135 e. The van der Waals surface area contributed by atoms with Crippen LogP contribution in [0.4, 0.5) is 11.4 Å². The summed E-state index contributed by atoms with van der Waals surface area (Å²) < 4.78 is 11.5. The second-order valence-corrected chi connectivity index (χ2v) is 22.7. The minimum Gasteiger partial charge on any atom is -0.509 e. The molecule has 0 spiro atoms. The van der Waals surface area contributed by atoms with Crippen LogP contribution in [0.5, 0.6) is 11.5 Å². The summed E-state index contributed by atoms with van der Waals surface area (Å²) >= 11 is 0. The third kappa shape index (κ3) is 7.79. The Morgan fingerprint density at radius 1 is 0.458 bits per heavy atom. The number of rotatable bonds is 7. The van der Waals surface area contributed by atoms with Gasteiger partial charge in [-0.25, -0.2) is 4.98 Å². The van der Waals surface area contributed by atoms with E-state index in [-0.39, 0.29) is 26.5 Å². The first-order chi connectivity index (χ1) is 40.3. The monoisotopic (exact) mass is 1240 g/mol. The van der Waals surface area contributed by atoms with Crippen LogP contribution in [0, 0.1) is 18.8 Å². The molecule has 3 aromatic heterocycles. The van der Waals surface area contributed by atoms with Gasteiger partial charge in [0.1, 0.15) is 5.82 Å². The summed E-state index contributed by atoms with van der Waals surface area (Å²) in [6.45, 7) is 8.95. The van der Waals surface area contributed by atoms with Crippen LogP contribution < -0.4 is 9.64 Å². The number of benzene rings is 11. The van der Waals surface area contributed by atoms with Gasteiger partial charge in [0, 0.05) is 50.0 Å². The van der Waals surface area contributed by atoms with Crippen LogP contribution in [0.15, 0.2) is 261 Å². The molecule has 4 heterocycles. The van der Waals surface area contributed by atoms with Crippen LogP contribution in [-0.2, 0) is 31.9 Å². The average Bonchev–Trinajstić information content (AvgIpc) is 2.16. The second-order valence-electron chi connectivity index (χ2n) is 22.7. The Morgan fingerprint density at radius 3 is 1.71 bits per heavy atom. The van der Waals surface area contributed by atoms with E-state index in [2.05, 4.69) is 296 Å². The fraction of sp³-hybridized carbons (Fsp3) is 0.0649. The van der Waals surface area contributed by atoms with Crippen LogP contribution in [0.2, 0.25) is 0 Å². The molecular formula is C77H53N4OPt-3. The molecule has 0 amide bonds. The molecule has 5 nitrogen and oxygen atoms in total. The maximum Gasteiger partial charge on any atom is 0.135 e. The van der Waals surface area contributed by atoms with Crippen LogP contribution >= 0.6 is 0 Å². The zero-order valence-electron chi connectivity index (χ0n) is 45.9. The molecule has 0 fully saturated rings. The van der Waals surface area contributed by atoms with Crippen molar-refractivity contribution in [1.82, 2.24) is 14.1 Å². The Morgan fingerprint density at radius 2 is 1.01 bits per heavy atom. The van der Waals surface area contributed by atoms with Crippen molar-refractivity contribution in [2.75, 3.05) is 4.90 Å². The van der Waals surface area contributed by atoms with Crippen LogP contribution in [-0.4, -0.2) is 14.1 Å². The maximum absolute atomic E-state index is 6.83. The number of para-hydroxylation sites is 3. The molecule has 16 rings (SSSR count). The normalized spacial score (nSPS) is 13.1. The minimum absolute atomic E-state index is 0. The number of hydrogen-bond donors (Lipinski definition) is 0. The molecule has 0 unspecified atom stereocenters. The van der Waals surface area contributed by atoms with E-state index in [1.54, 1.807) is 0 Å². The number of nitrogens with zero attached hydrogens (tertiary/aromatic N) is 4. The van der Waals surface area contributed by atoms with E-state index < -0.39 is 5.41 Å². The maximum atomic E-state index is 6.83. The topological polar surface area (TPSA) is 35.2 Å². The van der Waals surface area contributed by atoms with Crippen LogP contribution in [0.3, 0.4) is 0 Å². The third-order valence-electron chi connectivity index (χ3n) is 17.2. The number of pyridine rings is 1. The Balaban J connectivity index is 0.00000588. The molecule has 6 heteroatoms. The summed E-state index contributed by atoms with van der Waals surface area (Å²) in [5, 5.41) is 9.19. The zero-order valence-corrected chi connectivity index (χ0v) is 48.2. The average molecular weight is 1250 g/mol. The van der Waals surface area contributed by atoms with Crippen molar-refractivity contribution in [3.63, 3.8) is 0 Å². The first-order valence-electron chi connectivity index (χ1n) is 28.2. The van der Waals surface area contributed by atoms with Crippen molar-refractivity contribution in [3.8, 4) is 39.6 Å². The first kappa shape index (κ1) is 50.3. The molecule has 0 N–H and O–H groups in total. The predicted molar refractivity (Wildman–Crippen MR) is 338 cm³/mol. The van der Waals surface area contributed by atoms with Crippen molar-refractivity contribution < 1.29 is 25.8 Å². The fourth-order valence-corrected chi connectivity index (χ4v) is 13.5. The molecule has 0 atom stereocenters. The van der Waals surface area contributed by atoms with Crippen molar-refractivity contribution in [2.45, 2.75) is 31.6 Å². The molecule has 2 aliphatic rings. The molecule has 11 aromatic carbocycles. The Labute approximate surface area is 496 Å². The largest absolute Gasteiger partial charge is 0.509 e. The van der Waals surface area contributed by atoms with Crippen molar-refractivity contribution >= 4 is 76.5 Å². The van der Waals surface area contributed by atoms with E-state index >= 15 is 0 Å². The van der Waals surface area contributed by atoms with Gasteiger partial charge in [0.15, 0.2) is 0 Å². The van der Waals surface area contributed by atoms with E-state index in [1.807, 2.05) is 18.3 Å². The Kier molecular flexibility index (Phi) is 11.8. The molecule has 1 aliphatic carbocycles. The van der Waals surface area contributed by atoms with Crippen molar-refractivity contribution in [3.05, 3.63) is 308 Å². The van der Waals surface area contributed by atoms with Crippen LogP contribution in [0.1, 0.15) is 48.6 Å². The molecule has 0 bridgehead atoms. The van der Waals surface area contributed by atoms with Gasteiger partial charge >= 0.3 is 0 Å². The third-order valence-corrected chi connectivity index (χ3v) is 17.2. The Hall–Kier alpha value is -9.67. The number of fused-ring (bicyclic) bond motifs is 13. The van der Waals surface area contributed by atoms with E-state index in [4.69, 9.17) is 9.72 Å². The molecular weight excluding hydrogens is 1190 g/mol. The standard InChI is InChI=1S/C77H53N4O.Pt/c1-76(2,3)53-44-45-78-73(46-53)81-70-36-16-13-30-64(70)65-43-42-56(48-72(65)81)82-55-23-17-22-54(47-55)79-49-80-74-57(31-18-32-66(74)60-26-9-7-24-58(60)59-25-8-10-27-61(59)67-33-19-37-71(79)75(67)80)50-38-40-52(41-39-50)77(51-20-5-4-6-21-51)68-34-14-11-28-62(68)63-29-12-15-35-69(63)77;/h4-46,49H,1-3H3;/q-3;. The molecule has 83 heavy (non-hydrogen) atoms. The van der Waals surface area contributed by atoms with Gasteiger partial charge in [-0.2, -0.15) is 12.1 Å². The van der Waals surface area contributed by atoms with Gasteiger partial charge in [0.05, 0.1) is 5.41 Å². The molecule has 0 saturated carbocycles. The molecule has 0 radical (unpaired) electrons. The van der Waals surface area contributed by atoms with Gasteiger partial charge in [-0.15, -0.1) is 35.7 Å². The Bertz CT molecular complexity index is 4940. The van der Waals surface area contributed by atoms with Crippen molar-refractivity contribution in [2.24, 2.45) is 0 Å². The fourth-order valence-electron chi connectivity index (χ4n) is 13.5. The summed E-state index contributed by atoms with van der Waals surface area (Å²) in [4.78, 5) is 7.18. The summed E-state index contributed by atoms with van der Waals surface area (Å²) in [6.07, 6.45) is 1.91. The van der Waals surface area contributed by atoms with Crippen LogP contribution in [0.25, 0.3) is 93.2 Å². The quantitative estimate of drug-likeness (QED) is 0.149. The number of anilines is 2. The summed E-state index contributed by atoms with van der Waals surface area (Å²) in [5.74, 6) is 2.01. The van der Waals surface area contributed by atoms with E-state index in [0.717, 1.165) is 71.9 Å². The van der Waals surface area contributed by atoms with Gasteiger partial charge in [-0.05, 0) is 135 Å². The zero-order chi connectivity index (χ0) is 54.7. The molecule has 14 aromatic rings. The van der Waals surface area contributed by atoms with E-state index in [9.17, 15) is 0 Å². The summed E-state index contributed by atoms with van der Waals surface area (Å²) in [6, 6.07) is 100. The second kappa shape index (κ2) is 19.5.